The molecule has 2 aliphatic heterocycles. The molecule has 0 aromatic heterocycles. The Morgan fingerprint density at radius 1 is 1.27 bits per heavy atom. The summed E-state index contributed by atoms with van der Waals surface area (Å²) >= 11 is 0. The third-order valence-electron chi connectivity index (χ3n) is 5.09. The van der Waals surface area contributed by atoms with E-state index in [-0.39, 0.29) is 24.5 Å². The molecule has 3 amide bonds. The molecule has 1 aromatic carbocycles. The maximum atomic E-state index is 12.9. The molecule has 9 heteroatoms. The van der Waals surface area contributed by atoms with Gasteiger partial charge in [0.1, 0.15) is 36.4 Å². The molecule has 0 unspecified atom stereocenters. The van der Waals surface area contributed by atoms with Gasteiger partial charge in [-0.15, -0.1) is 0 Å². The Morgan fingerprint density at radius 3 is 2.63 bits per heavy atom. The van der Waals surface area contributed by atoms with Gasteiger partial charge in [0.05, 0.1) is 11.7 Å². The van der Waals surface area contributed by atoms with Crippen molar-refractivity contribution in [2.45, 2.75) is 51.3 Å². The predicted molar refractivity (Wildman–Crippen MR) is 110 cm³/mol. The third-order valence-corrected chi connectivity index (χ3v) is 5.09. The minimum atomic E-state index is -0.875. The number of rotatable bonds is 4. The second kappa shape index (κ2) is 8.41. The van der Waals surface area contributed by atoms with Gasteiger partial charge in [-0.3, -0.25) is 9.59 Å². The first kappa shape index (κ1) is 21.7. The van der Waals surface area contributed by atoms with Crippen molar-refractivity contribution in [3.05, 3.63) is 18.2 Å². The van der Waals surface area contributed by atoms with E-state index in [9.17, 15) is 14.4 Å². The zero-order valence-corrected chi connectivity index (χ0v) is 18.1. The molecular weight excluding hydrogens is 390 g/mol. The lowest BCUT2D eigenvalue weighted by atomic mass is 10.2. The molecule has 1 saturated heterocycles. The van der Waals surface area contributed by atoms with E-state index in [4.69, 9.17) is 14.2 Å². The molecule has 0 bridgehead atoms. The van der Waals surface area contributed by atoms with Gasteiger partial charge in [-0.1, -0.05) is 0 Å². The van der Waals surface area contributed by atoms with Gasteiger partial charge in [0.25, 0.3) is 5.91 Å². The van der Waals surface area contributed by atoms with Gasteiger partial charge in [0.15, 0.2) is 0 Å². The molecule has 1 N–H and O–H groups in total. The summed E-state index contributed by atoms with van der Waals surface area (Å²) in [6, 6.07) is 4.37. The fourth-order valence-electron chi connectivity index (χ4n) is 3.37. The highest BCUT2D eigenvalue weighted by atomic mass is 16.6. The van der Waals surface area contributed by atoms with E-state index in [0.717, 1.165) is 6.42 Å². The number of nitrogens with zero attached hydrogens (tertiary/aromatic N) is 2. The fraction of sp³-hybridized carbons (Fsp3) is 0.571. The summed E-state index contributed by atoms with van der Waals surface area (Å²) in [5.74, 6) is 0.883. The molecule has 1 aromatic rings. The number of likely N-dealkylation sites (tertiary alicyclic amines) is 1. The SMILES string of the molecule is CN1C(=O)[C@@H](NC(=O)OC(C)(C)C)COc2ccc(OC[C@@H]3CCC(=O)N3C)cc21. The van der Waals surface area contributed by atoms with Crippen molar-refractivity contribution in [2.75, 3.05) is 32.2 Å². The molecule has 1 fully saturated rings. The van der Waals surface area contributed by atoms with E-state index in [0.29, 0.717) is 30.2 Å². The van der Waals surface area contributed by atoms with Crippen molar-refractivity contribution in [3.63, 3.8) is 0 Å². The average Bonchev–Trinajstić information content (AvgIpc) is 2.93. The summed E-state index contributed by atoms with van der Waals surface area (Å²) in [6.45, 7) is 5.62. The van der Waals surface area contributed by atoms with Gasteiger partial charge in [0.2, 0.25) is 5.91 Å². The second-order valence-electron chi connectivity index (χ2n) is 8.54. The van der Waals surface area contributed by atoms with Gasteiger partial charge in [0, 0.05) is 26.6 Å². The van der Waals surface area contributed by atoms with Crippen LogP contribution in [0.4, 0.5) is 10.5 Å². The Morgan fingerprint density at radius 2 is 2.00 bits per heavy atom. The number of fused-ring (bicyclic) bond motifs is 1. The largest absolute Gasteiger partial charge is 0.491 e. The van der Waals surface area contributed by atoms with Gasteiger partial charge in [-0.05, 0) is 39.3 Å². The Hall–Kier alpha value is -2.97. The molecule has 164 valence electrons. The van der Waals surface area contributed by atoms with Crippen molar-refractivity contribution in [2.24, 2.45) is 0 Å². The first-order chi connectivity index (χ1) is 14.0. The van der Waals surface area contributed by atoms with Crippen LogP contribution in [-0.2, 0) is 14.3 Å². The van der Waals surface area contributed by atoms with Gasteiger partial charge in [-0.25, -0.2) is 4.79 Å². The molecule has 9 nitrogen and oxygen atoms in total. The molecule has 0 radical (unpaired) electrons. The highest BCUT2D eigenvalue weighted by Crippen LogP contribution is 2.34. The molecule has 2 heterocycles. The van der Waals surface area contributed by atoms with E-state index in [2.05, 4.69) is 5.32 Å². The Labute approximate surface area is 176 Å². The normalized spacial score (nSPS) is 21.6. The number of carbonyl (C=O) groups is 3. The molecule has 2 atom stereocenters. The molecule has 30 heavy (non-hydrogen) atoms. The number of hydrogen-bond acceptors (Lipinski definition) is 6. The van der Waals surface area contributed by atoms with Crippen LogP contribution < -0.4 is 19.7 Å². The maximum absolute atomic E-state index is 12.9. The fourth-order valence-corrected chi connectivity index (χ4v) is 3.37. The number of amides is 3. The summed E-state index contributed by atoms with van der Waals surface area (Å²) in [6.07, 6.45) is 0.620. The lowest BCUT2D eigenvalue weighted by molar-refractivity contribution is -0.128. The van der Waals surface area contributed by atoms with E-state index >= 15 is 0 Å². The number of anilines is 1. The summed E-state index contributed by atoms with van der Waals surface area (Å²) < 4.78 is 16.9. The summed E-state index contributed by atoms with van der Waals surface area (Å²) in [7, 11) is 3.39. The molecule has 0 saturated carbocycles. The van der Waals surface area contributed by atoms with Crippen LogP contribution >= 0.6 is 0 Å². The highest BCUT2D eigenvalue weighted by Gasteiger charge is 2.32. The maximum Gasteiger partial charge on any atom is 0.408 e. The van der Waals surface area contributed by atoms with Crippen LogP contribution in [-0.4, -0.2) is 67.8 Å². The summed E-state index contributed by atoms with van der Waals surface area (Å²) in [4.78, 5) is 39.7. The van der Waals surface area contributed by atoms with Crippen molar-refractivity contribution in [1.82, 2.24) is 10.2 Å². The average molecular weight is 419 g/mol. The number of alkyl carbamates (subject to hydrolysis) is 1. The van der Waals surface area contributed by atoms with E-state index in [1.807, 2.05) is 0 Å². The Kier molecular flexibility index (Phi) is 6.09. The number of benzene rings is 1. The van der Waals surface area contributed by atoms with Crippen LogP contribution in [0.2, 0.25) is 0 Å². The van der Waals surface area contributed by atoms with E-state index < -0.39 is 17.7 Å². The number of likely N-dealkylation sites (N-methyl/N-ethyl adjacent to an activating group) is 2. The van der Waals surface area contributed by atoms with Crippen molar-refractivity contribution >= 4 is 23.6 Å². The highest BCUT2D eigenvalue weighted by molar-refractivity contribution is 6.00. The Balaban J connectivity index is 1.67. The van der Waals surface area contributed by atoms with Crippen LogP contribution in [0.1, 0.15) is 33.6 Å². The molecule has 0 spiro atoms. The van der Waals surface area contributed by atoms with Crippen molar-refractivity contribution in [1.29, 1.82) is 0 Å². The number of ether oxygens (including phenoxy) is 3. The molecule has 0 aliphatic carbocycles. The van der Waals surface area contributed by atoms with Gasteiger partial charge >= 0.3 is 6.09 Å². The number of hydrogen-bond donors (Lipinski definition) is 1. The van der Waals surface area contributed by atoms with Crippen LogP contribution in [0.25, 0.3) is 0 Å². The molecule has 3 rings (SSSR count). The molecular formula is C21H29N3O6. The monoisotopic (exact) mass is 419 g/mol. The minimum Gasteiger partial charge on any atom is -0.491 e. The third kappa shape index (κ3) is 4.95. The predicted octanol–water partition coefficient (Wildman–Crippen LogP) is 1.93. The van der Waals surface area contributed by atoms with E-state index in [1.54, 1.807) is 58.0 Å². The summed E-state index contributed by atoms with van der Waals surface area (Å²) in [5, 5.41) is 2.57. The Bertz CT molecular complexity index is 835. The summed E-state index contributed by atoms with van der Waals surface area (Å²) in [5.41, 5.74) is -0.125. The van der Waals surface area contributed by atoms with Crippen LogP contribution in [0.15, 0.2) is 18.2 Å². The quantitative estimate of drug-likeness (QED) is 0.801. The minimum absolute atomic E-state index is 0.00933. The number of carbonyl (C=O) groups excluding carboxylic acids is 3. The standard InChI is InChI=1S/C21H29N3O6/c1-21(2,3)30-20(27)22-15-12-29-17-8-7-14(10-16(17)24(5)19(15)26)28-11-13-6-9-18(25)23(13)4/h7-8,10,13,15H,6,9,11-12H2,1-5H3,(H,22,27)/t13-,15-/m0/s1. The van der Waals surface area contributed by atoms with Crippen LogP contribution in [0, 0.1) is 0 Å². The van der Waals surface area contributed by atoms with Crippen LogP contribution in [0.5, 0.6) is 11.5 Å². The van der Waals surface area contributed by atoms with Crippen molar-refractivity contribution < 1.29 is 28.6 Å². The first-order valence-corrected chi connectivity index (χ1v) is 9.97. The molecule has 2 aliphatic rings. The van der Waals surface area contributed by atoms with Crippen LogP contribution in [0.3, 0.4) is 0 Å². The smallest absolute Gasteiger partial charge is 0.408 e. The lowest BCUT2D eigenvalue weighted by Crippen LogP contribution is -2.50. The second-order valence-corrected chi connectivity index (χ2v) is 8.54. The van der Waals surface area contributed by atoms with Gasteiger partial charge < -0.3 is 29.3 Å². The topological polar surface area (TPSA) is 97.4 Å². The lowest BCUT2D eigenvalue weighted by Gasteiger charge is -2.24. The number of nitrogens with one attached hydrogen (secondary N) is 1. The van der Waals surface area contributed by atoms with E-state index in [1.165, 1.54) is 4.90 Å². The first-order valence-electron chi connectivity index (χ1n) is 9.97. The zero-order chi connectivity index (χ0) is 22.1. The van der Waals surface area contributed by atoms with Gasteiger partial charge in [-0.2, -0.15) is 0 Å². The zero-order valence-electron chi connectivity index (χ0n) is 18.1. The van der Waals surface area contributed by atoms with Crippen molar-refractivity contribution in [3.8, 4) is 11.5 Å².